The summed E-state index contributed by atoms with van der Waals surface area (Å²) in [5, 5.41) is 8.33. The van der Waals surface area contributed by atoms with Crippen LogP contribution in [0.1, 0.15) is 38.8 Å². The van der Waals surface area contributed by atoms with Crippen LogP contribution in [0.15, 0.2) is 54.7 Å². The lowest BCUT2D eigenvalue weighted by atomic mass is 10.1. The number of fused-ring (bicyclic) bond motifs is 1. The number of aryl methyl sites for hydroxylation is 1. The van der Waals surface area contributed by atoms with Gasteiger partial charge in [0.05, 0.1) is 18.8 Å². The Balaban J connectivity index is 1.45. The molecular weight excluding hydrogens is 374 g/mol. The van der Waals surface area contributed by atoms with Crippen LogP contribution in [0.4, 0.5) is 0 Å². The Hall–Kier alpha value is -2.63. The van der Waals surface area contributed by atoms with Crippen LogP contribution >= 0.6 is 11.6 Å². The number of ether oxygens (including phenoxy) is 1. The lowest BCUT2D eigenvalue weighted by Crippen LogP contribution is -2.32. The smallest absolute Gasteiger partial charge is 0.251 e. The van der Waals surface area contributed by atoms with Gasteiger partial charge in [0, 0.05) is 23.3 Å². The second-order valence-corrected chi connectivity index (χ2v) is 7.44. The van der Waals surface area contributed by atoms with Gasteiger partial charge in [0.2, 0.25) is 0 Å². The van der Waals surface area contributed by atoms with Crippen LogP contribution in [-0.2, 0) is 17.7 Å². The van der Waals surface area contributed by atoms with Gasteiger partial charge in [-0.3, -0.25) is 9.48 Å². The molecule has 1 amide bonds. The van der Waals surface area contributed by atoms with E-state index in [2.05, 4.69) is 23.6 Å². The van der Waals surface area contributed by atoms with E-state index < -0.39 is 0 Å². The second-order valence-electron chi connectivity index (χ2n) is 7.00. The Labute approximate surface area is 169 Å². The lowest BCUT2D eigenvalue weighted by molar-refractivity contribution is 0.0383. The fourth-order valence-corrected chi connectivity index (χ4v) is 3.73. The molecule has 1 atom stereocenters. The number of hydrogen-bond donors (Lipinski definition) is 1. The summed E-state index contributed by atoms with van der Waals surface area (Å²) in [5.74, 6) is -0.131. The highest BCUT2D eigenvalue weighted by Crippen LogP contribution is 2.26. The topological polar surface area (TPSA) is 56.1 Å². The van der Waals surface area contributed by atoms with Gasteiger partial charge in [-0.25, -0.2) is 0 Å². The molecule has 1 aliphatic rings. The van der Waals surface area contributed by atoms with Gasteiger partial charge in [-0.2, -0.15) is 5.10 Å². The molecule has 1 aromatic heterocycles. The molecule has 0 bridgehead atoms. The minimum atomic E-state index is -0.239. The average molecular weight is 396 g/mol. The van der Waals surface area contributed by atoms with Crippen LogP contribution in [0, 0.1) is 6.92 Å². The van der Waals surface area contributed by atoms with Crippen molar-refractivity contribution in [2.45, 2.75) is 26.0 Å². The van der Waals surface area contributed by atoms with E-state index in [1.165, 1.54) is 11.1 Å². The van der Waals surface area contributed by atoms with Crippen LogP contribution in [0.25, 0.3) is 0 Å². The number of nitrogens with zero attached hydrogens (tertiary/aromatic N) is 2. The van der Waals surface area contributed by atoms with E-state index in [1.807, 2.05) is 29.8 Å². The minimum Gasteiger partial charge on any atom is -0.370 e. The SMILES string of the molecule is Cc1cc(Cl)ccc1C(=O)NC[C@@H]1OCCc2cn(Cc3ccccc3)nc21. The number of carbonyl (C=O) groups is 1. The van der Waals surface area contributed by atoms with Crippen LogP contribution in [0.5, 0.6) is 0 Å². The molecule has 2 aromatic carbocycles. The first kappa shape index (κ1) is 18.7. The van der Waals surface area contributed by atoms with Gasteiger partial charge in [-0.05, 0) is 48.2 Å². The molecular formula is C22H22ClN3O2. The quantitative estimate of drug-likeness (QED) is 0.712. The first-order valence-electron chi connectivity index (χ1n) is 9.36. The summed E-state index contributed by atoms with van der Waals surface area (Å²) < 4.78 is 7.84. The fourth-order valence-electron chi connectivity index (χ4n) is 3.50. The maximum Gasteiger partial charge on any atom is 0.251 e. The van der Waals surface area contributed by atoms with Crippen molar-refractivity contribution in [1.82, 2.24) is 15.1 Å². The Morgan fingerprint density at radius 3 is 2.89 bits per heavy atom. The first-order chi connectivity index (χ1) is 13.6. The first-order valence-corrected chi connectivity index (χ1v) is 9.74. The molecule has 0 saturated heterocycles. The molecule has 28 heavy (non-hydrogen) atoms. The Kier molecular flexibility index (Phi) is 5.46. The zero-order valence-electron chi connectivity index (χ0n) is 15.7. The molecule has 1 N–H and O–H groups in total. The number of rotatable bonds is 5. The van der Waals surface area contributed by atoms with Gasteiger partial charge in [0.25, 0.3) is 5.91 Å². The van der Waals surface area contributed by atoms with Crippen molar-refractivity contribution in [2.75, 3.05) is 13.2 Å². The Morgan fingerprint density at radius 2 is 2.11 bits per heavy atom. The Morgan fingerprint density at radius 1 is 1.29 bits per heavy atom. The maximum absolute atomic E-state index is 12.5. The van der Waals surface area contributed by atoms with E-state index in [0.29, 0.717) is 23.7 Å². The third-order valence-electron chi connectivity index (χ3n) is 4.93. The number of benzene rings is 2. The highest BCUT2D eigenvalue weighted by molar-refractivity contribution is 6.30. The average Bonchev–Trinajstić information content (AvgIpc) is 3.10. The number of aromatic nitrogens is 2. The summed E-state index contributed by atoms with van der Waals surface area (Å²) in [6.07, 6.45) is 2.69. The molecule has 6 heteroatoms. The van der Waals surface area contributed by atoms with Crippen LogP contribution in [0.3, 0.4) is 0 Å². The highest BCUT2D eigenvalue weighted by atomic mass is 35.5. The summed E-state index contributed by atoms with van der Waals surface area (Å²) in [6, 6.07) is 15.5. The van der Waals surface area contributed by atoms with Gasteiger partial charge in [0.15, 0.2) is 0 Å². The van der Waals surface area contributed by atoms with Crippen molar-refractivity contribution in [3.05, 3.63) is 87.7 Å². The van der Waals surface area contributed by atoms with Crippen molar-refractivity contribution >= 4 is 17.5 Å². The van der Waals surface area contributed by atoms with Crippen molar-refractivity contribution in [1.29, 1.82) is 0 Å². The van der Waals surface area contributed by atoms with Gasteiger partial charge in [0.1, 0.15) is 6.10 Å². The minimum absolute atomic E-state index is 0.131. The van der Waals surface area contributed by atoms with Crippen molar-refractivity contribution in [2.24, 2.45) is 0 Å². The maximum atomic E-state index is 12.5. The summed E-state index contributed by atoms with van der Waals surface area (Å²) >= 11 is 5.97. The molecule has 2 heterocycles. The lowest BCUT2D eigenvalue weighted by Gasteiger charge is -2.22. The zero-order chi connectivity index (χ0) is 19.5. The van der Waals surface area contributed by atoms with Crippen LogP contribution < -0.4 is 5.32 Å². The van der Waals surface area contributed by atoms with Gasteiger partial charge in [-0.1, -0.05) is 41.9 Å². The van der Waals surface area contributed by atoms with Crippen molar-refractivity contribution in [3.8, 4) is 0 Å². The standard InChI is InChI=1S/C22H22ClN3O2/c1-15-11-18(23)7-8-19(15)22(27)24-12-20-21-17(9-10-28-20)14-26(25-21)13-16-5-3-2-4-6-16/h2-8,11,14,20H,9-10,12-13H2,1H3,(H,24,27)/t20-/m0/s1. The number of hydrogen-bond acceptors (Lipinski definition) is 3. The molecule has 0 aliphatic carbocycles. The normalized spacial score (nSPS) is 15.9. The molecule has 0 unspecified atom stereocenters. The zero-order valence-corrected chi connectivity index (χ0v) is 16.4. The number of nitrogens with one attached hydrogen (secondary N) is 1. The van der Waals surface area contributed by atoms with E-state index in [-0.39, 0.29) is 12.0 Å². The molecule has 0 saturated carbocycles. The summed E-state index contributed by atoms with van der Waals surface area (Å²) in [5.41, 5.74) is 4.77. The summed E-state index contributed by atoms with van der Waals surface area (Å²) in [7, 11) is 0. The molecule has 3 aromatic rings. The van der Waals surface area contributed by atoms with Gasteiger partial charge < -0.3 is 10.1 Å². The van der Waals surface area contributed by atoms with E-state index in [9.17, 15) is 4.79 Å². The third-order valence-corrected chi connectivity index (χ3v) is 5.17. The Bertz CT molecular complexity index is 985. The molecule has 144 valence electrons. The van der Waals surface area contributed by atoms with E-state index in [1.54, 1.807) is 18.2 Å². The van der Waals surface area contributed by atoms with E-state index in [4.69, 9.17) is 21.4 Å². The van der Waals surface area contributed by atoms with E-state index in [0.717, 1.165) is 24.2 Å². The third kappa shape index (κ3) is 4.11. The molecule has 4 rings (SSSR count). The predicted molar refractivity (Wildman–Crippen MR) is 109 cm³/mol. The number of carbonyl (C=O) groups excluding carboxylic acids is 1. The van der Waals surface area contributed by atoms with Crippen molar-refractivity contribution in [3.63, 3.8) is 0 Å². The molecule has 1 aliphatic heterocycles. The second kappa shape index (κ2) is 8.17. The summed E-state index contributed by atoms with van der Waals surface area (Å²) in [4.78, 5) is 12.5. The van der Waals surface area contributed by atoms with Crippen molar-refractivity contribution < 1.29 is 9.53 Å². The monoisotopic (exact) mass is 395 g/mol. The van der Waals surface area contributed by atoms with E-state index >= 15 is 0 Å². The molecule has 0 fully saturated rings. The predicted octanol–water partition coefficient (Wildman–Crippen LogP) is 3.94. The van der Waals surface area contributed by atoms with Gasteiger partial charge >= 0.3 is 0 Å². The number of halogens is 1. The largest absolute Gasteiger partial charge is 0.370 e. The molecule has 5 nitrogen and oxygen atoms in total. The fraction of sp³-hybridized carbons (Fsp3) is 0.273. The van der Waals surface area contributed by atoms with Gasteiger partial charge in [-0.15, -0.1) is 0 Å². The number of amides is 1. The van der Waals surface area contributed by atoms with Crippen LogP contribution in [-0.4, -0.2) is 28.8 Å². The van der Waals surface area contributed by atoms with Crippen LogP contribution in [0.2, 0.25) is 5.02 Å². The molecule has 0 radical (unpaired) electrons. The highest BCUT2D eigenvalue weighted by Gasteiger charge is 2.25. The summed E-state index contributed by atoms with van der Waals surface area (Å²) in [6.45, 7) is 3.61. The molecule has 0 spiro atoms.